The summed E-state index contributed by atoms with van der Waals surface area (Å²) < 4.78 is 17.2. The molecule has 0 aromatic heterocycles. The topological polar surface area (TPSA) is 127 Å². The van der Waals surface area contributed by atoms with E-state index in [1.54, 1.807) is 12.1 Å². The number of hydrogen-bond acceptors (Lipinski definition) is 7. The maximum absolute atomic E-state index is 12.3. The molecule has 1 aliphatic heterocycles. The van der Waals surface area contributed by atoms with E-state index in [1.165, 1.54) is 18.9 Å². The zero-order valence-electron chi connectivity index (χ0n) is 20.1. The van der Waals surface area contributed by atoms with Crippen molar-refractivity contribution < 1.29 is 28.6 Å². The van der Waals surface area contributed by atoms with Crippen LogP contribution in [0.2, 0.25) is 0 Å². The standard InChI is InChI=1S/C25H29IN4O6/c1-3-16-6-8-18(9-7-16)29-22(31)15-36-23-20(26)11-17(12-21(23)34-2)13-28-30-25(33)24(32)27-14-19-5-4-10-35-19/h6-9,11-13,19H,3-5,10,14-15H2,1-2H3,(H,27,32)(H,29,31)(H,30,33)/b28-13-/t19-/m1/s1. The second kappa shape index (κ2) is 13.8. The molecule has 3 N–H and O–H groups in total. The molecule has 0 spiro atoms. The van der Waals surface area contributed by atoms with Crippen LogP contribution < -0.4 is 25.5 Å². The first-order chi connectivity index (χ1) is 17.4. The van der Waals surface area contributed by atoms with Crippen molar-refractivity contribution in [3.63, 3.8) is 0 Å². The molecule has 11 heteroatoms. The number of anilines is 1. The van der Waals surface area contributed by atoms with Gasteiger partial charge in [-0.15, -0.1) is 0 Å². The van der Waals surface area contributed by atoms with E-state index in [1.807, 2.05) is 24.3 Å². The molecule has 1 heterocycles. The second-order valence-electron chi connectivity index (χ2n) is 7.97. The van der Waals surface area contributed by atoms with E-state index >= 15 is 0 Å². The second-order valence-corrected chi connectivity index (χ2v) is 9.13. The summed E-state index contributed by atoms with van der Waals surface area (Å²) in [6.45, 7) is 2.82. The van der Waals surface area contributed by atoms with Gasteiger partial charge >= 0.3 is 11.8 Å². The number of hydrazone groups is 1. The van der Waals surface area contributed by atoms with Gasteiger partial charge in [-0.05, 0) is 77.2 Å². The lowest BCUT2D eigenvalue weighted by molar-refractivity contribution is -0.139. The molecule has 1 aliphatic rings. The Morgan fingerprint density at radius 2 is 1.97 bits per heavy atom. The number of benzene rings is 2. The summed E-state index contributed by atoms with van der Waals surface area (Å²) >= 11 is 2.06. The van der Waals surface area contributed by atoms with Gasteiger partial charge in [-0.2, -0.15) is 5.10 Å². The summed E-state index contributed by atoms with van der Waals surface area (Å²) in [6.07, 6.45) is 4.06. The summed E-state index contributed by atoms with van der Waals surface area (Å²) in [5.41, 5.74) is 4.68. The van der Waals surface area contributed by atoms with Gasteiger partial charge in [-0.3, -0.25) is 14.4 Å². The van der Waals surface area contributed by atoms with Crippen molar-refractivity contribution in [1.82, 2.24) is 10.7 Å². The van der Waals surface area contributed by atoms with E-state index in [9.17, 15) is 14.4 Å². The predicted octanol–water partition coefficient (Wildman–Crippen LogP) is 2.62. The third-order valence-electron chi connectivity index (χ3n) is 5.35. The number of aryl methyl sites for hydroxylation is 1. The highest BCUT2D eigenvalue weighted by Crippen LogP contribution is 2.33. The number of carbonyl (C=O) groups excluding carboxylic acids is 3. The molecule has 192 valence electrons. The predicted molar refractivity (Wildman–Crippen MR) is 143 cm³/mol. The van der Waals surface area contributed by atoms with Crippen LogP contribution in [0.4, 0.5) is 5.69 Å². The normalized spacial score (nSPS) is 14.9. The molecule has 1 atom stereocenters. The molecule has 0 unspecified atom stereocenters. The highest BCUT2D eigenvalue weighted by molar-refractivity contribution is 14.1. The molecule has 1 saturated heterocycles. The van der Waals surface area contributed by atoms with E-state index in [0.717, 1.165) is 19.3 Å². The Kier molecular flexibility index (Phi) is 10.5. The minimum atomic E-state index is -0.874. The first-order valence-electron chi connectivity index (χ1n) is 11.5. The summed E-state index contributed by atoms with van der Waals surface area (Å²) in [4.78, 5) is 36.1. The fourth-order valence-electron chi connectivity index (χ4n) is 3.42. The van der Waals surface area contributed by atoms with Crippen molar-refractivity contribution in [1.29, 1.82) is 0 Å². The average molecular weight is 608 g/mol. The molecular weight excluding hydrogens is 579 g/mol. The maximum Gasteiger partial charge on any atom is 0.329 e. The van der Waals surface area contributed by atoms with Gasteiger partial charge in [0.25, 0.3) is 5.91 Å². The molecule has 1 fully saturated rings. The van der Waals surface area contributed by atoms with Gasteiger partial charge in [-0.25, -0.2) is 5.43 Å². The Hall–Kier alpha value is -3.19. The van der Waals surface area contributed by atoms with Crippen molar-refractivity contribution in [2.45, 2.75) is 32.3 Å². The highest BCUT2D eigenvalue weighted by Gasteiger charge is 2.19. The van der Waals surface area contributed by atoms with E-state index in [-0.39, 0.29) is 25.2 Å². The smallest absolute Gasteiger partial charge is 0.329 e. The van der Waals surface area contributed by atoms with Crippen LogP contribution in [0.3, 0.4) is 0 Å². The Morgan fingerprint density at radius 3 is 2.64 bits per heavy atom. The van der Waals surface area contributed by atoms with E-state index < -0.39 is 11.8 Å². The van der Waals surface area contributed by atoms with Crippen molar-refractivity contribution >= 4 is 52.2 Å². The molecule has 2 aromatic carbocycles. The van der Waals surface area contributed by atoms with Crippen LogP contribution in [0.25, 0.3) is 0 Å². The monoisotopic (exact) mass is 608 g/mol. The number of hydrogen-bond donors (Lipinski definition) is 3. The number of rotatable bonds is 10. The molecule has 10 nitrogen and oxygen atoms in total. The van der Waals surface area contributed by atoms with Crippen LogP contribution in [0, 0.1) is 3.57 Å². The molecular formula is C25H29IN4O6. The Bertz CT molecular complexity index is 1100. The van der Waals surface area contributed by atoms with Crippen LogP contribution >= 0.6 is 22.6 Å². The van der Waals surface area contributed by atoms with E-state index in [2.05, 4.69) is 50.7 Å². The molecule has 0 radical (unpaired) electrons. The molecule has 0 saturated carbocycles. The van der Waals surface area contributed by atoms with Gasteiger partial charge < -0.3 is 24.8 Å². The first kappa shape index (κ1) is 27.4. The van der Waals surface area contributed by atoms with E-state index in [0.29, 0.717) is 32.9 Å². The Labute approximate surface area is 223 Å². The van der Waals surface area contributed by atoms with Gasteiger partial charge in [0.2, 0.25) is 0 Å². The third-order valence-corrected chi connectivity index (χ3v) is 6.15. The van der Waals surface area contributed by atoms with Crippen LogP contribution in [0.5, 0.6) is 11.5 Å². The number of amides is 3. The quantitative estimate of drug-likeness (QED) is 0.165. The fourth-order valence-corrected chi connectivity index (χ4v) is 4.20. The van der Waals surface area contributed by atoms with Crippen LogP contribution in [0.1, 0.15) is 30.9 Å². The average Bonchev–Trinajstić information content (AvgIpc) is 3.40. The zero-order valence-corrected chi connectivity index (χ0v) is 22.3. The minimum Gasteiger partial charge on any atom is -0.493 e. The molecule has 3 rings (SSSR count). The number of ether oxygens (including phenoxy) is 3. The van der Waals surface area contributed by atoms with Gasteiger partial charge in [0.15, 0.2) is 18.1 Å². The Morgan fingerprint density at radius 1 is 1.19 bits per heavy atom. The zero-order chi connectivity index (χ0) is 25.9. The van der Waals surface area contributed by atoms with Crippen LogP contribution in [-0.2, 0) is 25.5 Å². The molecule has 2 aromatic rings. The summed E-state index contributed by atoms with van der Waals surface area (Å²) in [5, 5.41) is 9.17. The molecule has 3 amide bonds. The van der Waals surface area contributed by atoms with Crippen molar-refractivity contribution in [2.75, 3.05) is 32.2 Å². The van der Waals surface area contributed by atoms with Gasteiger partial charge in [-0.1, -0.05) is 19.1 Å². The maximum atomic E-state index is 12.3. The molecule has 0 bridgehead atoms. The largest absolute Gasteiger partial charge is 0.493 e. The summed E-state index contributed by atoms with van der Waals surface area (Å²) in [7, 11) is 1.48. The summed E-state index contributed by atoms with van der Waals surface area (Å²) in [6, 6.07) is 11.0. The number of carbonyl (C=O) groups is 3. The van der Waals surface area contributed by atoms with Crippen molar-refractivity contribution in [3.8, 4) is 11.5 Å². The number of methoxy groups -OCH3 is 1. The lowest BCUT2D eigenvalue weighted by atomic mass is 10.1. The lowest BCUT2D eigenvalue weighted by Crippen LogP contribution is -2.41. The summed E-state index contributed by atoms with van der Waals surface area (Å²) in [5.74, 6) is -1.16. The van der Waals surface area contributed by atoms with Gasteiger partial charge in [0, 0.05) is 18.8 Å². The minimum absolute atomic E-state index is 0.0565. The number of nitrogens with zero attached hydrogens (tertiary/aromatic N) is 1. The highest BCUT2D eigenvalue weighted by atomic mass is 127. The fraction of sp³-hybridized carbons (Fsp3) is 0.360. The third kappa shape index (κ3) is 8.19. The van der Waals surface area contributed by atoms with Crippen molar-refractivity contribution in [2.24, 2.45) is 5.10 Å². The van der Waals surface area contributed by atoms with Gasteiger partial charge in [0.1, 0.15) is 0 Å². The lowest BCUT2D eigenvalue weighted by Gasteiger charge is -2.13. The van der Waals surface area contributed by atoms with Crippen LogP contribution in [-0.4, -0.2) is 56.9 Å². The Balaban J connectivity index is 1.52. The SMILES string of the molecule is CCc1ccc(NC(=O)COc2c(I)cc(/C=N\NC(=O)C(=O)NC[C@H]3CCCO3)cc2OC)cc1. The molecule has 0 aliphatic carbocycles. The first-order valence-corrected chi connectivity index (χ1v) is 12.6. The molecule has 36 heavy (non-hydrogen) atoms. The van der Waals surface area contributed by atoms with Gasteiger partial charge in [0.05, 0.1) is 23.0 Å². The number of nitrogens with one attached hydrogen (secondary N) is 3. The van der Waals surface area contributed by atoms with Crippen LogP contribution in [0.15, 0.2) is 41.5 Å². The number of halogens is 1. The van der Waals surface area contributed by atoms with E-state index in [4.69, 9.17) is 14.2 Å². The van der Waals surface area contributed by atoms with Crippen molar-refractivity contribution in [3.05, 3.63) is 51.1 Å².